The zero-order chi connectivity index (χ0) is 103. The maximum Gasteiger partial charge on any atom is 0.206 e. The first-order valence-electron chi connectivity index (χ1n) is 47.1. The molecule has 16 rings (SSSR count). The third-order valence-electron chi connectivity index (χ3n) is 25.8. The second-order valence-electron chi connectivity index (χ2n) is 37.1. The average molecular weight is 2050 g/mol. The first-order valence-corrected chi connectivity index (χ1v) is 53.6. The highest BCUT2D eigenvalue weighted by Crippen LogP contribution is 2.43. The minimum atomic E-state index is -3.61. The Bertz CT molecular complexity index is 7260. The number of ether oxygens (including phenoxy) is 8. The summed E-state index contributed by atoms with van der Waals surface area (Å²) in [7, 11) is -7.68. The van der Waals surface area contributed by atoms with Gasteiger partial charge in [0, 0.05) is 47.7 Å². The normalized spacial score (nSPS) is 11.6. The Morgan fingerprint density at radius 2 is 0.432 bits per heavy atom. The van der Waals surface area contributed by atoms with Gasteiger partial charge in [-0.3, -0.25) is 0 Å². The molecule has 0 fully saturated rings. The van der Waals surface area contributed by atoms with E-state index in [9.17, 15) is 33.7 Å². The van der Waals surface area contributed by atoms with Crippen molar-refractivity contribution < 1.29 is 71.6 Å². The number of hydrogen-bond donors (Lipinski definition) is 2. The maximum atomic E-state index is 13.1. The Labute approximate surface area is 870 Å². The lowest BCUT2D eigenvalue weighted by Gasteiger charge is -2.27. The molecule has 0 atom stereocenters. The molecule has 0 amide bonds. The van der Waals surface area contributed by atoms with Gasteiger partial charge in [-0.25, -0.2) is 33.7 Å². The largest absolute Gasteiger partial charge is 0.497 e. The van der Waals surface area contributed by atoms with Gasteiger partial charge in [0.15, 0.2) is 0 Å². The Hall–Kier alpha value is -14.0. The van der Waals surface area contributed by atoms with Gasteiger partial charge in [-0.1, -0.05) is 219 Å². The summed E-state index contributed by atoms with van der Waals surface area (Å²) in [4.78, 5) is 2.01. The SMILES string of the molecule is C.COc1ccc(C(C)(C)c2ccc(Oc3ccc(S(=O)(=O)c4ccc(C)cc4)cc3)c(CCl)c2)cc1.COc1ccc(C(C)(C)c2ccc(Oc3ccc(S(=O)(=O)c4ccc(C)cc4)cc3)c(CNCCCN)c2)cc1.COc1ccc(C(C)(C)c2ccc(Oc3ccc(S(=O)(=O)c4ccc(C)cc4)cc3)cc2)cc1.COc1ccc(C(C)(C)c2ccc(Oc3ccc(S(=O)(=O)c4ccc(C)cc4)cc3)cc2)cc1.[B]. The van der Waals surface area contributed by atoms with Crippen molar-refractivity contribution in [2.45, 2.75) is 170 Å². The molecule has 755 valence electrons. The number of rotatable bonds is 34. The second kappa shape index (κ2) is 49.3. The number of halogens is 1. The quantitative estimate of drug-likeness (QED) is 0.0216. The van der Waals surface area contributed by atoms with Crippen LogP contribution in [0.25, 0.3) is 0 Å². The Morgan fingerprint density at radius 1 is 0.253 bits per heavy atom. The van der Waals surface area contributed by atoms with Gasteiger partial charge in [0.2, 0.25) is 39.3 Å². The van der Waals surface area contributed by atoms with E-state index in [4.69, 9.17) is 55.2 Å². The summed E-state index contributed by atoms with van der Waals surface area (Å²) in [6.45, 7) is 27.2. The van der Waals surface area contributed by atoms with E-state index in [-0.39, 0.29) is 82.5 Å². The lowest BCUT2D eigenvalue weighted by molar-refractivity contribution is 0.414. The predicted octanol–water partition coefficient (Wildman–Crippen LogP) is 28.3. The van der Waals surface area contributed by atoms with Crippen molar-refractivity contribution >= 4 is 59.4 Å². The Kier molecular flexibility index (Phi) is 37.9. The Morgan fingerprint density at radius 3 is 0.644 bits per heavy atom. The first kappa shape index (κ1) is 112. The predicted molar refractivity (Wildman–Crippen MR) is 586 cm³/mol. The van der Waals surface area contributed by atoms with Gasteiger partial charge in [-0.05, 0) is 334 Å². The van der Waals surface area contributed by atoms with Gasteiger partial charge in [0.25, 0.3) is 0 Å². The van der Waals surface area contributed by atoms with Crippen molar-refractivity contribution in [3.63, 3.8) is 0 Å². The van der Waals surface area contributed by atoms with Crippen LogP contribution in [0.4, 0.5) is 0 Å². The summed E-state index contributed by atoms with van der Waals surface area (Å²) in [5.41, 5.74) is 20.0. The number of benzene rings is 16. The molecule has 24 heteroatoms. The van der Waals surface area contributed by atoms with Crippen molar-refractivity contribution in [3.05, 3.63) is 454 Å². The first-order chi connectivity index (χ1) is 68.7. The lowest BCUT2D eigenvalue weighted by Crippen LogP contribution is -2.21. The molecule has 0 spiro atoms. The molecule has 16 aromatic rings. The topological polar surface area (TPSA) is 248 Å². The molecular formula is C122H127BClN2O16S4. The number of aryl methyl sites for hydroxylation is 4. The zero-order valence-corrected chi connectivity index (χ0v) is 88.6. The van der Waals surface area contributed by atoms with E-state index in [1.165, 1.54) is 16.7 Å². The molecule has 0 aromatic heterocycles. The van der Waals surface area contributed by atoms with Gasteiger partial charge in [0.1, 0.15) is 69.0 Å². The molecule has 0 heterocycles. The molecule has 0 saturated heterocycles. The fourth-order valence-corrected chi connectivity index (χ4v) is 21.3. The average Bonchev–Trinajstić information content (AvgIpc) is 0.792. The monoisotopic (exact) mass is 2050 g/mol. The lowest BCUT2D eigenvalue weighted by atomic mass is 9.77. The third-order valence-corrected chi connectivity index (χ3v) is 33.2. The molecule has 0 aliphatic rings. The Balaban J connectivity index is 0.000000185. The molecule has 0 unspecified atom stereocenters. The van der Waals surface area contributed by atoms with Crippen molar-refractivity contribution in [2.75, 3.05) is 41.5 Å². The summed E-state index contributed by atoms with van der Waals surface area (Å²) in [6, 6.07) is 114. The van der Waals surface area contributed by atoms with Crippen molar-refractivity contribution in [3.8, 4) is 69.0 Å². The highest BCUT2D eigenvalue weighted by molar-refractivity contribution is 7.92. The van der Waals surface area contributed by atoms with Crippen LogP contribution >= 0.6 is 11.6 Å². The fourth-order valence-electron chi connectivity index (χ4n) is 16.1. The highest BCUT2D eigenvalue weighted by Gasteiger charge is 2.31. The van der Waals surface area contributed by atoms with Crippen LogP contribution in [0.5, 0.6) is 69.0 Å². The number of nitrogens with one attached hydrogen (secondary N) is 1. The van der Waals surface area contributed by atoms with Crippen LogP contribution in [0.3, 0.4) is 0 Å². The summed E-state index contributed by atoms with van der Waals surface area (Å²) < 4.78 is 149. The van der Waals surface area contributed by atoms with Crippen LogP contribution in [0.2, 0.25) is 0 Å². The molecule has 0 aliphatic heterocycles. The molecule has 18 nitrogen and oxygen atoms in total. The minimum absolute atomic E-state index is 0. The summed E-state index contributed by atoms with van der Waals surface area (Å²) in [5.74, 6) is 8.55. The number of alkyl halides is 1. The van der Waals surface area contributed by atoms with Gasteiger partial charge < -0.3 is 48.9 Å². The van der Waals surface area contributed by atoms with E-state index >= 15 is 0 Å². The van der Waals surface area contributed by atoms with Crippen molar-refractivity contribution in [1.29, 1.82) is 0 Å². The zero-order valence-electron chi connectivity index (χ0n) is 84.5. The molecule has 146 heavy (non-hydrogen) atoms. The molecule has 3 N–H and O–H groups in total. The van der Waals surface area contributed by atoms with Gasteiger partial charge in [-0.15, -0.1) is 11.6 Å². The smallest absolute Gasteiger partial charge is 0.206 e. The van der Waals surface area contributed by atoms with Crippen LogP contribution in [0.1, 0.15) is 147 Å². The molecule has 3 radical (unpaired) electrons. The van der Waals surface area contributed by atoms with Crippen LogP contribution in [0, 0.1) is 27.7 Å². The van der Waals surface area contributed by atoms with Crippen LogP contribution in [0.15, 0.2) is 415 Å². The van der Waals surface area contributed by atoms with E-state index in [1.807, 2.05) is 119 Å². The van der Waals surface area contributed by atoms with Gasteiger partial charge >= 0.3 is 0 Å². The number of methoxy groups -OCH3 is 4. The summed E-state index contributed by atoms with van der Waals surface area (Å²) in [6.07, 6.45) is 0.879. The van der Waals surface area contributed by atoms with E-state index in [0.717, 1.165) is 97.2 Å². The molecule has 0 aliphatic carbocycles. The highest BCUT2D eigenvalue weighted by atomic mass is 35.5. The number of hydrogen-bond acceptors (Lipinski definition) is 18. The summed E-state index contributed by atoms with van der Waals surface area (Å²) in [5, 5.41) is 3.46. The second-order valence-corrected chi connectivity index (χ2v) is 45.2. The van der Waals surface area contributed by atoms with E-state index in [2.05, 4.69) is 152 Å². The van der Waals surface area contributed by atoms with Gasteiger partial charge in [0.05, 0.1) is 73.5 Å². The van der Waals surface area contributed by atoms with Gasteiger partial charge in [-0.2, -0.15) is 0 Å². The van der Waals surface area contributed by atoms with Crippen LogP contribution in [-0.2, 0) is 73.4 Å². The van der Waals surface area contributed by atoms with Crippen molar-refractivity contribution in [2.24, 2.45) is 5.73 Å². The van der Waals surface area contributed by atoms with E-state index < -0.39 is 39.3 Å². The molecule has 0 bridgehead atoms. The van der Waals surface area contributed by atoms with E-state index in [1.54, 1.807) is 223 Å². The van der Waals surface area contributed by atoms with E-state index in [0.29, 0.717) is 59.1 Å². The summed E-state index contributed by atoms with van der Waals surface area (Å²) >= 11 is 6.29. The maximum absolute atomic E-state index is 13.1. The molecule has 0 saturated carbocycles. The number of nitrogens with two attached hydrogens (primary N) is 1. The number of sulfone groups is 4. The van der Waals surface area contributed by atoms with Crippen molar-refractivity contribution in [1.82, 2.24) is 5.32 Å². The third kappa shape index (κ3) is 27.6. The fraction of sp³-hybridized carbons (Fsp3) is 0.213. The molecule has 16 aromatic carbocycles. The standard InChI is InChI=1S/C33H38N2O4S.C30H29ClO4S.2C29H28O4S.CH4.B/c1-24-6-15-30(16-7-24)40(36,37)31-17-13-29(14-18-31)39-32-19-10-27(22-25(32)23-35-21-5-20-34)33(2,3)26-8-11-28(38-4)12-9-26;1-21-5-14-27(15-6-21)36(32,33)28-16-12-26(13-17-28)35-29-18-9-24(19-22(29)20-31)30(2,3)23-7-10-25(34-4)11-8-23;2*1-21-5-17-27(18-6-21)34(30,31)28-19-15-26(16-20-28)33-25-13-9-23(10-14-25)29(2,3)22-7-11-24(32-4)12-8-22;;/h6-19,22,35H,5,20-21,23,34H2,1-4H3;5-19H,20H2,1-4H3;2*5-20H,1-4H3;1H4;. The minimum Gasteiger partial charge on any atom is -0.497 e. The van der Waals surface area contributed by atoms with Crippen LogP contribution < -0.4 is 48.9 Å². The van der Waals surface area contributed by atoms with Crippen LogP contribution in [-0.4, -0.2) is 83.6 Å². The molecular weight excluding hydrogens is 1920 g/mol.